The maximum Gasteiger partial charge on any atom is 0.472 e. The molecule has 2 saturated heterocycles. The second-order valence-corrected chi connectivity index (χ2v) is 14.0. The van der Waals surface area contributed by atoms with Gasteiger partial charge in [-0.2, -0.15) is 11.8 Å². The van der Waals surface area contributed by atoms with Crippen LogP contribution in [0.4, 0.5) is 4.79 Å². The zero-order chi connectivity index (χ0) is 32.2. The first-order valence-electron chi connectivity index (χ1n) is 15.7. The van der Waals surface area contributed by atoms with Crippen molar-refractivity contribution in [3.05, 3.63) is 0 Å². The molecule has 0 aliphatic carbocycles. The number of amides is 2. The molecule has 2 fully saturated rings. The first-order valence-corrected chi connectivity index (χ1v) is 18.2. The summed E-state index contributed by atoms with van der Waals surface area (Å²) >= 11 is 1.89. The number of aliphatic hydroxyl groups excluding tert-OH is 3. The van der Waals surface area contributed by atoms with E-state index in [-0.39, 0.29) is 30.5 Å². The summed E-state index contributed by atoms with van der Waals surface area (Å²) in [5.74, 6) is 0.338. The number of thioether (sulfide) groups is 1. The summed E-state index contributed by atoms with van der Waals surface area (Å²) in [5, 5.41) is 33.9. The van der Waals surface area contributed by atoms with E-state index < -0.39 is 52.4 Å². The maximum atomic E-state index is 12.0. The van der Waals surface area contributed by atoms with E-state index in [2.05, 4.69) is 19.7 Å². The molecule has 0 aromatic rings. The molecule has 14 nitrogen and oxygen atoms in total. The van der Waals surface area contributed by atoms with Gasteiger partial charge in [0.1, 0.15) is 18.8 Å². The van der Waals surface area contributed by atoms with E-state index in [1.165, 1.54) is 0 Å². The summed E-state index contributed by atoms with van der Waals surface area (Å²) in [6.45, 7) is -1.79. The number of fused-ring (bicyclic) bond motifs is 1. The molecular formula is C28H51N2O12PS. The molecule has 0 spiro atoms. The van der Waals surface area contributed by atoms with Crippen molar-refractivity contribution in [1.82, 2.24) is 10.6 Å². The number of ether oxygens (including phenoxy) is 2. The van der Waals surface area contributed by atoms with Gasteiger partial charge in [0.15, 0.2) is 0 Å². The Morgan fingerprint density at radius 3 is 2.05 bits per heavy atom. The van der Waals surface area contributed by atoms with Crippen LogP contribution >= 0.6 is 19.6 Å². The standard InChI is InChI=1S/C28H51N2O12PS/c31-16-21(32)18-41-43(37,38)42-19-22(33)17-40-26(35)13-8-6-4-2-1-3-5-7-11-15-39-25(34)14-10-9-12-24-27-23(20-44-24)29-28(36)30-27/h21-24,27,31-33H,1-20H2,(H,37,38)(H2,29,30,36)/t21?,22-,23+,24+,27+/m1/s1. The third-order valence-electron chi connectivity index (χ3n) is 7.35. The molecule has 2 aliphatic rings. The Hall–Kier alpha value is -1.45. The van der Waals surface area contributed by atoms with Crippen LogP contribution < -0.4 is 10.6 Å². The number of rotatable bonds is 26. The Kier molecular flexibility index (Phi) is 19.5. The molecule has 256 valence electrons. The number of unbranched alkanes of at least 4 members (excludes halogenated alkanes) is 9. The van der Waals surface area contributed by atoms with Gasteiger partial charge in [0.05, 0.1) is 38.5 Å². The summed E-state index contributed by atoms with van der Waals surface area (Å²) < 4.78 is 30.9. The second-order valence-electron chi connectivity index (χ2n) is 11.3. The number of phosphoric ester groups is 1. The summed E-state index contributed by atoms with van der Waals surface area (Å²) in [5.41, 5.74) is 0. The van der Waals surface area contributed by atoms with E-state index in [4.69, 9.17) is 19.7 Å². The largest absolute Gasteiger partial charge is 0.472 e. The fourth-order valence-electron chi connectivity index (χ4n) is 4.88. The number of hydrogen-bond donors (Lipinski definition) is 6. The van der Waals surface area contributed by atoms with E-state index in [0.29, 0.717) is 24.7 Å². The van der Waals surface area contributed by atoms with Crippen molar-refractivity contribution in [2.45, 2.75) is 119 Å². The minimum absolute atomic E-state index is 0.0724. The van der Waals surface area contributed by atoms with Crippen LogP contribution in [0.5, 0.6) is 0 Å². The van der Waals surface area contributed by atoms with Crippen molar-refractivity contribution >= 4 is 37.6 Å². The number of nitrogens with one attached hydrogen (secondary N) is 2. The van der Waals surface area contributed by atoms with Gasteiger partial charge in [-0.05, 0) is 25.7 Å². The highest BCUT2D eigenvalue weighted by atomic mass is 32.2. The van der Waals surface area contributed by atoms with Crippen molar-refractivity contribution in [2.24, 2.45) is 0 Å². The highest BCUT2D eigenvalue weighted by Crippen LogP contribution is 2.43. The van der Waals surface area contributed by atoms with Crippen molar-refractivity contribution in [2.75, 3.05) is 38.8 Å². The van der Waals surface area contributed by atoms with Crippen LogP contribution in [0.3, 0.4) is 0 Å². The van der Waals surface area contributed by atoms with Gasteiger partial charge < -0.3 is 40.3 Å². The number of phosphoric acid groups is 1. The zero-order valence-corrected chi connectivity index (χ0v) is 27.2. The Labute approximate surface area is 263 Å². The average molecular weight is 671 g/mol. The number of esters is 2. The van der Waals surface area contributed by atoms with E-state index in [9.17, 15) is 28.9 Å². The molecule has 6 atom stereocenters. The molecule has 2 aliphatic heterocycles. The van der Waals surface area contributed by atoms with E-state index in [0.717, 1.165) is 76.4 Å². The Balaban J connectivity index is 1.31. The minimum Gasteiger partial charge on any atom is -0.466 e. The van der Waals surface area contributed by atoms with E-state index in [1.807, 2.05) is 11.8 Å². The van der Waals surface area contributed by atoms with Gasteiger partial charge in [-0.3, -0.25) is 18.6 Å². The molecule has 0 radical (unpaired) electrons. The van der Waals surface area contributed by atoms with E-state index in [1.54, 1.807) is 0 Å². The fourth-order valence-corrected chi connectivity index (χ4v) is 7.22. The molecule has 0 bridgehead atoms. The molecule has 2 amide bonds. The van der Waals surface area contributed by atoms with Gasteiger partial charge in [-0.15, -0.1) is 0 Å². The number of aliphatic hydroxyl groups is 3. The third-order valence-corrected chi connectivity index (χ3v) is 9.81. The number of hydrogen-bond acceptors (Lipinski definition) is 12. The first kappa shape index (κ1) is 38.7. The molecule has 0 aromatic carbocycles. The van der Waals surface area contributed by atoms with Gasteiger partial charge in [-0.1, -0.05) is 51.4 Å². The quantitative estimate of drug-likeness (QED) is 0.0339. The average Bonchev–Trinajstić information content (AvgIpc) is 3.55. The van der Waals surface area contributed by atoms with Gasteiger partial charge in [0.2, 0.25) is 0 Å². The van der Waals surface area contributed by atoms with Gasteiger partial charge >= 0.3 is 25.8 Å². The van der Waals surface area contributed by atoms with Crippen LogP contribution in [0.25, 0.3) is 0 Å². The molecule has 0 aromatic heterocycles. The molecule has 16 heteroatoms. The second kappa shape index (κ2) is 22.1. The lowest BCUT2D eigenvalue weighted by atomic mass is 10.0. The summed E-state index contributed by atoms with van der Waals surface area (Å²) in [6.07, 6.45) is 9.57. The normalized spacial score (nSPS) is 22.0. The van der Waals surface area contributed by atoms with Gasteiger partial charge in [0, 0.05) is 23.8 Å². The molecule has 6 N–H and O–H groups in total. The zero-order valence-electron chi connectivity index (χ0n) is 25.4. The number of carbonyl (C=O) groups excluding carboxylic acids is 3. The number of carbonyl (C=O) groups is 3. The Morgan fingerprint density at radius 1 is 0.818 bits per heavy atom. The van der Waals surface area contributed by atoms with Gasteiger partial charge in [-0.25, -0.2) is 9.36 Å². The van der Waals surface area contributed by atoms with Crippen molar-refractivity contribution in [1.29, 1.82) is 0 Å². The minimum atomic E-state index is -4.52. The molecular weight excluding hydrogens is 619 g/mol. The van der Waals surface area contributed by atoms with Crippen LogP contribution in [0.15, 0.2) is 0 Å². The highest BCUT2D eigenvalue weighted by molar-refractivity contribution is 8.00. The molecule has 2 heterocycles. The highest BCUT2D eigenvalue weighted by Gasteiger charge is 2.42. The fraction of sp³-hybridized carbons (Fsp3) is 0.893. The summed E-state index contributed by atoms with van der Waals surface area (Å²) in [7, 11) is -4.52. The third kappa shape index (κ3) is 17.3. The Morgan fingerprint density at radius 2 is 1.39 bits per heavy atom. The molecule has 2 rings (SSSR count). The van der Waals surface area contributed by atoms with Crippen molar-refractivity contribution in [3.8, 4) is 0 Å². The monoisotopic (exact) mass is 670 g/mol. The Bertz CT molecular complexity index is 901. The van der Waals surface area contributed by atoms with Crippen molar-refractivity contribution in [3.63, 3.8) is 0 Å². The topological polar surface area (TPSA) is 210 Å². The summed E-state index contributed by atoms with van der Waals surface area (Å²) in [4.78, 5) is 44.7. The molecule has 2 unspecified atom stereocenters. The maximum absolute atomic E-state index is 12.0. The SMILES string of the molecule is O=C1N[C@H]2[C@H](CS[C@H]2CCCCC(=O)OCCCCCCCCCCCC(=O)OC[C@@H](O)COP(=O)(O)OCC(O)CO)N1. The molecule has 0 saturated carbocycles. The van der Waals surface area contributed by atoms with E-state index >= 15 is 0 Å². The van der Waals surface area contributed by atoms with Gasteiger partial charge in [0.25, 0.3) is 0 Å². The van der Waals surface area contributed by atoms with Crippen LogP contribution in [-0.4, -0.2) is 107 Å². The van der Waals surface area contributed by atoms with Crippen LogP contribution in [0.2, 0.25) is 0 Å². The predicted octanol–water partition coefficient (Wildman–Crippen LogP) is 2.55. The molecule has 44 heavy (non-hydrogen) atoms. The van der Waals surface area contributed by atoms with Crippen LogP contribution in [-0.2, 0) is 32.7 Å². The lowest BCUT2D eigenvalue weighted by Gasteiger charge is -2.16. The smallest absolute Gasteiger partial charge is 0.466 e. The summed E-state index contributed by atoms with van der Waals surface area (Å²) in [6, 6.07) is 0.370. The first-order chi connectivity index (χ1) is 21.1. The predicted molar refractivity (Wildman–Crippen MR) is 163 cm³/mol. The lowest BCUT2D eigenvalue weighted by molar-refractivity contribution is -0.147. The van der Waals surface area contributed by atoms with Crippen LogP contribution in [0.1, 0.15) is 89.9 Å². The number of urea groups is 1. The van der Waals surface area contributed by atoms with Crippen LogP contribution in [0, 0.1) is 0 Å². The lowest BCUT2D eigenvalue weighted by Crippen LogP contribution is -2.36. The van der Waals surface area contributed by atoms with Crippen molar-refractivity contribution < 1.29 is 57.7 Å².